The van der Waals surface area contributed by atoms with Gasteiger partial charge in [-0.15, -0.1) is 0 Å². The molecule has 1 aliphatic rings. The van der Waals surface area contributed by atoms with E-state index in [1.165, 1.54) is 17.2 Å². The van der Waals surface area contributed by atoms with Gasteiger partial charge in [-0.3, -0.25) is 4.90 Å². The molecule has 0 spiro atoms. The fourth-order valence-corrected chi connectivity index (χ4v) is 3.46. The minimum Gasteiger partial charge on any atom is -0.357 e. The zero-order valence-electron chi connectivity index (χ0n) is 15.5. The lowest BCUT2D eigenvalue weighted by atomic mass is 10.1. The van der Waals surface area contributed by atoms with E-state index in [2.05, 4.69) is 36.1 Å². The number of aryl methyl sites for hydroxylation is 1. The first kappa shape index (κ1) is 18.8. The van der Waals surface area contributed by atoms with Crippen LogP contribution in [0.1, 0.15) is 28.5 Å². The van der Waals surface area contributed by atoms with Gasteiger partial charge in [0.15, 0.2) is 0 Å². The molecule has 1 aliphatic heterocycles. The zero-order chi connectivity index (χ0) is 19.7. The molecule has 2 aromatic carbocycles. The van der Waals surface area contributed by atoms with Gasteiger partial charge in [0.1, 0.15) is 6.23 Å². The summed E-state index contributed by atoms with van der Waals surface area (Å²) in [5.41, 5.74) is 3.18. The smallest absolute Gasteiger partial charge is 0.357 e. The van der Waals surface area contributed by atoms with Gasteiger partial charge in [-0.05, 0) is 36.8 Å². The Morgan fingerprint density at radius 1 is 1.07 bits per heavy atom. The van der Waals surface area contributed by atoms with E-state index in [9.17, 15) is 13.2 Å². The van der Waals surface area contributed by atoms with Gasteiger partial charge >= 0.3 is 6.18 Å². The number of aromatic nitrogens is 1. The van der Waals surface area contributed by atoms with E-state index in [4.69, 9.17) is 4.74 Å². The molecule has 1 unspecified atom stereocenters. The van der Waals surface area contributed by atoms with Crippen LogP contribution in [0.5, 0.6) is 0 Å². The lowest BCUT2D eigenvalue weighted by molar-refractivity contribution is -0.137. The summed E-state index contributed by atoms with van der Waals surface area (Å²) in [7, 11) is 0. The summed E-state index contributed by atoms with van der Waals surface area (Å²) in [4.78, 5) is 2.23. The number of benzene rings is 2. The van der Waals surface area contributed by atoms with Crippen molar-refractivity contribution in [1.82, 2.24) is 9.47 Å². The molecular weight excluding hydrogens is 365 g/mol. The average molecular weight is 386 g/mol. The van der Waals surface area contributed by atoms with Crippen LogP contribution in [0.4, 0.5) is 13.2 Å². The third-order valence-electron chi connectivity index (χ3n) is 4.96. The van der Waals surface area contributed by atoms with Gasteiger partial charge in [0.25, 0.3) is 0 Å². The lowest BCUT2D eigenvalue weighted by Gasteiger charge is -2.22. The minimum atomic E-state index is -4.36. The molecule has 0 amide bonds. The second-order valence-electron chi connectivity index (χ2n) is 7.08. The summed E-state index contributed by atoms with van der Waals surface area (Å²) in [6, 6.07) is 15.6. The summed E-state index contributed by atoms with van der Waals surface area (Å²) >= 11 is 0. The monoisotopic (exact) mass is 386 g/mol. The lowest BCUT2D eigenvalue weighted by Crippen LogP contribution is -2.23. The molecule has 2 heterocycles. The first-order chi connectivity index (χ1) is 13.4. The Morgan fingerprint density at radius 2 is 1.86 bits per heavy atom. The van der Waals surface area contributed by atoms with E-state index in [0.29, 0.717) is 12.3 Å². The van der Waals surface area contributed by atoms with Crippen LogP contribution in [0.3, 0.4) is 0 Å². The van der Waals surface area contributed by atoms with Crippen molar-refractivity contribution < 1.29 is 17.9 Å². The second kappa shape index (κ2) is 7.45. The highest BCUT2D eigenvalue weighted by Crippen LogP contribution is 2.32. The topological polar surface area (TPSA) is 17.4 Å². The Morgan fingerprint density at radius 3 is 2.61 bits per heavy atom. The van der Waals surface area contributed by atoms with Crippen molar-refractivity contribution in [3.63, 3.8) is 0 Å². The third-order valence-corrected chi connectivity index (χ3v) is 4.96. The van der Waals surface area contributed by atoms with Crippen molar-refractivity contribution in [2.45, 2.75) is 25.9 Å². The summed E-state index contributed by atoms with van der Waals surface area (Å²) < 4.78 is 46.6. The number of ether oxygens (including phenoxy) is 1. The van der Waals surface area contributed by atoms with Gasteiger partial charge in [0, 0.05) is 36.7 Å². The molecule has 1 atom stereocenters. The van der Waals surface area contributed by atoms with E-state index in [1.54, 1.807) is 16.8 Å². The Hall–Kier alpha value is -2.57. The normalized spacial score (nSPS) is 17.9. The Labute approximate surface area is 162 Å². The summed E-state index contributed by atoms with van der Waals surface area (Å²) in [5, 5.41) is 0. The minimum absolute atomic E-state index is 0.201. The van der Waals surface area contributed by atoms with Gasteiger partial charge in [-0.2, -0.15) is 13.2 Å². The fourth-order valence-electron chi connectivity index (χ4n) is 3.46. The van der Waals surface area contributed by atoms with Gasteiger partial charge in [-0.1, -0.05) is 35.9 Å². The Balaban J connectivity index is 1.54. The van der Waals surface area contributed by atoms with E-state index in [1.807, 2.05) is 12.3 Å². The van der Waals surface area contributed by atoms with E-state index in [0.717, 1.165) is 30.8 Å². The third kappa shape index (κ3) is 3.98. The molecule has 28 heavy (non-hydrogen) atoms. The summed E-state index contributed by atoms with van der Waals surface area (Å²) in [5.74, 6) is 0. The maximum absolute atomic E-state index is 13.0. The fraction of sp³-hybridized carbons (Fsp3) is 0.273. The van der Waals surface area contributed by atoms with Crippen molar-refractivity contribution in [2.24, 2.45) is 0 Å². The highest BCUT2D eigenvalue weighted by molar-refractivity contribution is 5.39. The molecule has 6 heteroatoms. The van der Waals surface area contributed by atoms with Crippen LogP contribution in [0.2, 0.25) is 0 Å². The molecule has 3 aromatic rings. The molecule has 0 N–H and O–H groups in total. The molecule has 4 rings (SSSR count). The van der Waals surface area contributed by atoms with Crippen LogP contribution >= 0.6 is 0 Å². The van der Waals surface area contributed by atoms with Gasteiger partial charge in [0.05, 0.1) is 12.2 Å². The van der Waals surface area contributed by atoms with Crippen molar-refractivity contribution in [1.29, 1.82) is 0 Å². The van der Waals surface area contributed by atoms with Crippen molar-refractivity contribution in [2.75, 3.05) is 13.2 Å². The number of hydrogen-bond acceptors (Lipinski definition) is 2. The van der Waals surface area contributed by atoms with Crippen LogP contribution in [0, 0.1) is 6.92 Å². The molecular formula is C22H21F3N2O. The number of rotatable bonds is 4. The molecule has 0 aliphatic carbocycles. The molecule has 0 saturated carbocycles. The number of alkyl halides is 3. The molecule has 1 fully saturated rings. The first-order valence-electron chi connectivity index (χ1n) is 9.17. The van der Waals surface area contributed by atoms with E-state index < -0.39 is 11.7 Å². The quantitative estimate of drug-likeness (QED) is 0.603. The SMILES string of the molecule is Cc1ccc(CN2CCOC2c2ccn(-c3cccc(C(F)(F)F)c3)c2)cc1. The molecule has 146 valence electrons. The van der Waals surface area contributed by atoms with Crippen LogP contribution in [-0.2, 0) is 17.5 Å². The number of halogens is 3. The van der Waals surface area contributed by atoms with Crippen LogP contribution < -0.4 is 0 Å². The summed E-state index contributed by atoms with van der Waals surface area (Å²) in [6.07, 6.45) is -0.941. The van der Waals surface area contributed by atoms with Crippen LogP contribution in [-0.4, -0.2) is 22.6 Å². The predicted molar refractivity (Wildman–Crippen MR) is 101 cm³/mol. The molecule has 3 nitrogen and oxygen atoms in total. The van der Waals surface area contributed by atoms with Gasteiger partial charge < -0.3 is 9.30 Å². The standard InChI is InChI=1S/C22H21F3N2O/c1-16-5-7-17(8-6-16)14-27-11-12-28-21(27)18-9-10-26(15-18)20-4-2-3-19(13-20)22(23,24)25/h2-10,13,15,21H,11-12,14H2,1H3. The highest BCUT2D eigenvalue weighted by atomic mass is 19.4. The largest absolute Gasteiger partial charge is 0.416 e. The molecule has 1 saturated heterocycles. The molecule has 1 aromatic heterocycles. The Kier molecular flexibility index (Phi) is 5.00. The predicted octanol–water partition coefficient (Wildman–Crippen LogP) is 5.34. The Bertz CT molecular complexity index is 947. The van der Waals surface area contributed by atoms with Crippen LogP contribution in [0.15, 0.2) is 67.0 Å². The van der Waals surface area contributed by atoms with Crippen LogP contribution in [0.25, 0.3) is 5.69 Å². The molecule has 0 bridgehead atoms. The first-order valence-corrected chi connectivity index (χ1v) is 9.17. The maximum atomic E-state index is 13.0. The van der Waals surface area contributed by atoms with E-state index >= 15 is 0 Å². The molecule has 0 radical (unpaired) electrons. The van der Waals surface area contributed by atoms with E-state index in [-0.39, 0.29) is 6.23 Å². The number of hydrogen-bond donors (Lipinski definition) is 0. The zero-order valence-corrected chi connectivity index (χ0v) is 15.5. The maximum Gasteiger partial charge on any atom is 0.416 e. The summed E-state index contributed by atoms with van der Waals surface area (Å²) in [6.45, 7) is 4.26. The van der Waals surface area contributed by atoms with Gasteiger partial charge in [-0.25, -0.2) is 0 Å². The highest BCUT2D eigenvalue weighted by Gasteiger charge is 2.31. The van der Waals surface area contributed by atoms with Crippen molar-refractivity contribution in [3.8, 4) is 5.69 Å². The van der Waals surface area contributed by atoms with Gasteiger partial charge in [0.2, 0.25) is 0 Å². The van der Waals surface area contributed by atoms with Crippen molar-refractivity contribution in [3.05, 3.63) is 89.2 Å². The number of nitrogens with zero attached hydrogens (tertiary/aromatic N) is 2. The van der Waals surface area contributed by atoms with Crippen molar-refractivity contribution >= 4 is 0 Å². The second-order valence-corrected chi connectivity index (χ2v) is 7.08. The average Bonchev–Trinajstić information content (AvgIpc) is 3.32.